The molecule has 13 heavy (non-hydrogen) atoms. The summed E-state index contributed by atoms with van der Waals surface area (Å²) in [6.07, 6.45) is 0. The Morgan fingerprint density at radius 2 is 0.538 bits per heavy atom. The minimum atomic E-state index is -3.76. The fraction of sp³-hybridized carbons (Fsp3) is 0. The van der Waals surface area contributed by atoms with Gasteiger partial charge in [-0.1, -0.05) is 0 Å². The molecule has 0 radical (unpaired) electrons. The van der Waals surface area contributed by atoms with E-state index in [1.807, 2.05) is 0 Å². The SMILES string of the molecule is [Er].[O-][I+2]([O-])O.[O-][I+2]([O-])O.[O-][I+2]([O-])O. The smallest absolute Gasteiger partial charge is 0.396 e. The van der Waals surface area contributed by atoms with Gasteiger partial charge in [-0.25, -0.2) is 0 Å². The Bertz CT molecular complexity index is 43.4. The maximum atomic E-state index is 8.68. The molecule has 0 aliphatic carbocycles. The summed E-state index contributed by atoms with van der Waals surface area (Å²) in [7, 11) is 0. The largest absolute Gasteiger partial charge is 0.503 e. The second-order valence-corrected chi connectivity index (χ2v) is 4.05. The molecule has 0 saturated carbocycles. The molecule has 0 bridgehead atoms. The average Bonchev–Trinajstić information content (AvgIpc) is 1.54. The number of halogens is 3. The van der Waals surface area contributed by atoms with Gasteiger partial charge in [-0.15, -0.1) is 0 Å². The van der Waals surface area contributed by atoms with Gasteiger partial charge in [-0.3, -0.25) is 0 Å². The summed E-state index contributed by atoms with van der Waals surface area (Å²) in [6.45, 7) is 0. The first-order valence-corrected chi connectivity index (χ1v) is 9.61. The molecule has 13 heteroatoms. The Labute approximate surface area is 129 Å². The zero-order valence-electron chi connectivity index (χ0n) is 5.21. The van der Waals surface area contributed by atoms with Crippen LogP contribution in [0.4, 0.5) is 0 Å². The van der Waals surface area contributed by atoms with Gasteiger partial charge in [0.25, 0.3) is 0 Å². The van der Waals surface area contributed by atoms with E-state index in [1.165, 1.54) is 0 Å². The van der Waals surface area contributed by atoms with E-state index in [-0.39, 0.29) is 37.3 Å². The fourth-order valence-corrected chi connectivity index (χ4v) is 0. The molecule has 0 unspecified atom stereocenters. The molecule has 0 aliphatic rings. The summed E-state index contributed by atoms with van der Waals surface area (Å²) in [4.78, 5) is 0. The molecule has 0 saturated heterocycles. The van der Waals surface area contributed by atoms with E-state index in [0.717, 1.165) is 0 Å². The van der Waals surface area contributed by atoms with Crippen LogP contribution in [0.1, 0.15) is 0 Å². The average molecular weight is 695 g/mol. The fourth-order valence-electron chi connectivity index (χ4n) is 0. The minimum absolute atomic E-state index is 0. The molecule has 0 aromatic rings. The zero-order chi connectivity index (χ0) is 10.7. The summed E-state index contributed by atoms with van der Waals surface area (Å²) in [5, 5.41) is 0. The third-order valence-electron chi connectivity index (χ3n) is 0. The quantitative estimate of drug-likeness (QED) is 0.206. The van der Waals surface area contributed by atoms with Crippen molar-refractivity contribution in [3.05, 3.63) is 0 Å². The molecule has 0 aliphatic heterocycles. The van der Waals surface area contributed by atoms with Gasteiger partial charge in [-0.05, 0) is 10.3 Å². The standard InChI is InChI=1S/Er.3HIO3/c;3*2-1(3)4/h;3*2H. The first-order chi connectivity index (χ1) is 5.20. The summed E-state index contributed by atoms with van der Waals surface area (Å²) < 4.78 is 73.4. The van der Waals surface area contributed by atoms with Crippen molar-refractivity contribution in [2.75, 3.05) is 0 Å². The van der Waals surface area contributed by atoms with Crippen LogP contribution < -0.4 is 83.8 Å². The molecule has 0 heterocycles. The van der Waals surface area contributed by atoms with Crippen molar-refractivity contribution in [1.29, 1.82) is 0 Å². The molecule has 0 rings (SSSR count). The van der Waals surface area contributed by atoms with Gasteiger partial charge < -0.3 is 20.6 Å². The van der Waals surface area contributed by atoms with Gasteiger partial charge in [0, 0.05) is 37.3 Å². The minimum Gasteiger partial charge on any atom is -0.396 e. The molecule has 90 valence electrons. The normalized spacial score (nSPS) is 8.31. The van der Waals surface area contributed by atoms with Crippen molar-refractivity contribution in [2.45, 2.75) is 0 Å². The van der Waals surface area contributed by atoms with Gasteiger partial charge >= 0.3 is 63.2 Å². The maximum absolute atomic E-state index is 8.68. The van der Waals surface area contributed by atoms with E-state index >= 15 is 0 Å². The van der Waals surface area contributed by atoms with Gasteiger partial charge in [0.15, 0.2) is 0 Å². The van der Waals surface area contributed by atoms with Crippen LogP contribution in [0.2, 0.25) is 0 Å². The summed E-state index contributed by atoms with van der Waals surface area (Å²) >= 11 is -11.3. The Morgan fingerprint density at radius 1 is 0.538 bits per heavy atom. The van der Waals surface area contributed by atoms with Crippen LogP contribution in [-0.4, -0.2) is 10.3 Å². The van der Waals surface area contributed by atoms with Crippen LogP contribution in [0.3, 0.4) is 0 Å². The number of hydrogen-bond acceptors (Lipinski definition) is 9. The van der Waals surface area contributed by atoms with E-state index in [9.17, 15) is 0 Å². The van der Waals surface area contributed by atoms with Gasteiger partial charge in [0.1, 0.15) is 0 Å². The van der Waals surface area contributed by atoms with Crippen LogP contribution in [0.5, 0.6) is 0 Å². The summed E-state index contributed by atoms with van der Waals surface area (Å²) in [5.41, 5.74) is 0. The Balaban J connectivity index is -0.0000000450. The van der Waals surface area contributed by atoms with E-state index in [1.54, 1.807) is 0 Å². The number of hydrogen-bond donors (Lipinski definition) is 3. The zero-order valence-corrected chi connectivity index (χ0v) is 13.5. The molecular formula is H3ErI3O9. The second kappa shape index (κ2) is 20.5. The molecule has 0 spiro atoms. The molecule has 3 N–H and O–H groups in total. The maximum Gasteiger partial charge on any atom is 0.503 e. The van der Waals surface area contributed by atoms with Gasteiger partial charge in [-0.2, -0.15) is 0 Å². The predicted octanol–water partition coefficient (Wildman–Crippen LogP) is -17.8. The van der Waals surface area contributed by atoms with Crippen molar-refractivity contribution >= 4 is 0 Å². The van der Waals surface area contributed by atoms with Crippen molar-refractivity contribution in [3.63, 3.8) is 0 Å². The molecule has 0 aromatic carbocycles. The second-order valence-electron chi connectivity index (χ2n) is 0.603. The monoisotopic (exact) mass is 694 g/mol. The Morgan fingerprint density at radius 3 is 0.538 bits per heavy atom. The summed E-state index contributed by atoms with van der Waals surface area (Å²) in [6, 6.07) is 0. The van der Waals surface area contributed by atoms with Gasteiger partial charge in [0.2, 0.25) is 0 Å². The van der Waals surface area contributed by atoms with Gasteiger partial charge in [0.05, 0.1) is 0 Å². The van der Waals surface area contributed by atoms with Crippen LogP contribution >= 0.6 is 0 Å². The van der Waals surface area contributed by atoms with Crippen molar-refractivity contribution < 1.29 is 131 Å². The molecular weight excluding hydrogens is 692 g/mol. The van der Waals surface area contributed by atoms with E-state index < -0.39 is 63.2 Å². The number of rotatable bonds is 0. The Kier molecular flexibility index (Phi) is 39.5. The molecule has 0 atom stereocenters. The van der Waals surface area contributed by atoms with Crippen LogP contribution in [0, 0.1) is 37.3 Å². The molecule has 0 amide bonds. The predicted molar refractivity (Wildman–Crippen MR) is 6.66 cm³/mol. The molecule has 0 aromatic heterocycles. The van der Waals surface area contributed by atoms with Crippen LogP contribution in [-0.2, 0) is 0 Å². The third-order valence-corrected chi connectivity index (χ3v) is 0. The first-order valence-electron chi connectivity index (χ1n) is 1.43. The molecule has 9 nitrogen and oxygen atoms in total. The van der Waals surface area contributed by atoms with E-state index in [4.69, 9.17) is 30.9 Å². The van der Waals surface area contributed by atoms with Crippen LogP contribution in [0.25, 0.3) is 0 Å². The van der Waals surface area contributed by atoms with E-state index in [2.05, 4.69) is 0 Å². The van der Waals surface area contributed by atoms with Crippen molar-refractivity contribution in [3.8, 4) is 0 Å². The first kappa shape index (κ1) is 25.1. The topological polar surface area (TPSA) is 199 Å². The Hall–Kier alpha value is 3.08. The van der Waals surface area contributed by atoms with Crippen molar-refractivity contribution in [1.82, 2.24) is 0 Å². The van der Waals surface area contributed by atoms with E-state index in [0.29, 0.717) is 0 Å². The van der Waals surface area contributed by atoms with Crippen molar-refractivity contribution in [2.24, 2.45) is 0 Å². The summed E-state index contributed by atoms with van der Waals surface area (Å²) in [5.74, 6) is 0. The van der Waals surface area contributed by atoms with Crippen LogP contribution in [0.15, 0.2) is 0 Å². The molecule has 0 fully saturated rings. The third kappa shape index (κ3) is 272.